The van der Waals surface area contributed by atoms with Crippen LogP contribution in [0.2, 0.25) is 5.02 Å². The molecule has 0 amide bonds. The second-order valence-corrected chi connectivity index (χ2v) is 4.12. The number of fused-ring (bicyclic) bond motifs is 1. The van der Waals surface area contributed by atoms with E-state index in [0.29, 0.717) is 16.4 Å². The molecule has 0 aliphatic heterocycles. The Morgan fingerprint density at radius 2 is 1.82 bits per heavy atom. The zero-order valence-electron chi connectivity index (χ0n) is 8.84. The smallest absolute Gasteiger partial charge is 0.184 e. The van der Waals surface area contributed by atoms with E-state index in [9.17, 15) is 0 Å². The van der Waals surface area contributed by atoms with Crippen molar-refractivity contribution in [2.24, 2.45) is 0 Å². The Hall–Kier alpha value is -2.07. The SMILES string of the molecule is Nc1cccn2c(-c3ccc(Cl)cc3)nnc12. The number of pyridine rings is 1. The summed E-state index contributed by atoms with van der Waals surface area (Å²) in [6.45, 7) is 0. The van der Waals surface area contributed by atoms with Crippen LogP contribution >= 0.6 is 11.6 Å². The monoisotopic (exact) mass is 244 g/mol. The molecule has 4 nitrogen and oxygen atoms in total. The van der Waals surface area contributed by atoms with Gasteiger partial charge in [0.05, 0.1) is 5.69 Å². The Labute approximate surface area is 103 Å². The highest BCUT2D eigenvalue weighted by Crippen LogP contribution is 2.22. The van der Waals surface area contributed by atoms with Gasteiger partial charge in [0.25, 0.3) is 0 Å². The van der Waals surface area contributed by atoms with Crippen molar-refractivity contribution in [2.75, 3.05) is 5.73 Å². The first kappa shape index (κ1) is 10.1. The Morgan fingerprint density at radius 1 is 1.06 bits per heavy atom. The second-order valence-electron chi connectivity index (χ2n) is 3.69. The van der Waals surface area contributed by atoms with E-state index in [-0.39, 0.29) is 0 Å². The fourth-order valence-electron chi connectivity index (χ4n) is 1.73. The first-order valence-corrected chi connectivity index (χ1v) is 5.48. The lowest BCUT2D eigenvalue weighted by atomic mass is 10.2. The Kier molecular flexibility index (Phi) is 2.23. The predicted molar refractivity (Wildman–Crippen MR) is 67.8 cm³/mol. The number of benzene rings is 1. The lowest BCUT2D eigenvalue weighted by Gasteiger charge is -2.01. The summed E-state index contributed by atoms with van der Waals surface area (Å²) in [6.07, 6.45) is 1.88. The molecule has 2 heterocycles. The van der Waals surface area contributed by atoms with Gasteiger partial charge in [0.1, 0.15) is 0 Å². The highest BCUT2D eigenvalue weighted by Gasteiger charge is 2.08. The van der Waals surface area contributed by atoms with Crippen molar-refractivity contribution >= 4 is 22.9 Å². The average molecular weight is 245 g/mol. The van der Waals surface area contributed by atoms with Gasteiger partial charge in [-0.15, -0.1) is 10.2 Å². The van der Waals surface area contributed by atoms with Crippen LogP contribution in [0.5, 0.6) is 0 Å². The standard InChI is InChI=1S/C12H9ClN4/c13-9-5-3-8(4-6-9)11-15-16-12-10(14)2-1-7-17(11)12/h1-7H,14H2. The largest absolute Gasteiger partial charge is 0.396 e. The van der Waals surface area contributed by atoms with Crippen molar-refractivity contribution in [1.82, 2.24) is 14.6 Å². The van der Waals surface area contributed by atoms with Gasteiger partial charge in [-0.3, -0.25) is 4.40 Å². The third-order valence-electron chi connectivity index (χ3n) is 2.57. The van der Waals surface area contributed by atoms with Gasteiger partial charge < -0.3 is 5.73 Å². The predicted octanol–water partition coefficient (Wildman–Crippen LogP) is 2.63. The molecule has 0 aliphatic rings. The van der Waals surface area contributed by atoms with Gasteiger partial charge in [0.2, 0.25) is 0 Å². The third-order valence-corrected chi connectivity index (χ3v) is 2.82. The molecule has 84 valence electrons. The van der Waals surface area contributed by atoms with Crippen LogP contribution in [0.15, 0.2) is 42.6 Å². The van der Waals surface area contributed by atoms with Crippen LogP contribution in [-0.2, 0) is 0 Å². The average Bonchev–Trinajstić information content (AvgIpc) is 2.75. The van der Waals surface area contributed by atoms with Crippen molar-refractivity contribution in [3.63, 3.8) is 0 Å². The summed E-state index contributed by atoms with van der Waals surface area (Å²) in [5.41, 5.74) is 8.05. The number of aromatic nitrogens is 3. The Bertz CT molecular complexity index is 673. The van der Waals surface area contributed by atoms with Crippen LogP contribution in [0.1, 0.15) is 0 Å². The molecule has 2 N–H and O–H groups in total. The first-order valence-electron chi connectivity index (χ1n) is 5.11. The lowest BCUT2D eigenvalue weighted by molar-refractivity contribution is 1.11. The molecule has 5 heteroatoms. The molecule has 0 atom stereocenters. The van der Waals surface area contributed by atoms with E-state index in [0.717, 1.165) is 11.4 Å². The van der Waals surface area contributed by atoms with Gasteiger partial charge in [0.15, 0.2) is 11.5 Å². The summed E-state index contributed by atoms with van der Waals surface area (Å²) in [5.74, 6) is 0.754. The number of nitrogen functional groups attached to an aromatic ring is 1. The van der Waals surface area contributed by atoms with E-state index < -0.39 is 0 Å². The van der Waals surface area contributed by atoms with Gasteiger partial charge in [-0.05, 0) is 36.4 Å². The number of nitrogens with zero attached hydrogens (tertiary/aromatic N) is 3. The molecule has 0 radical (unpaired) electrons. The quantitative estimate of drug-likeness (QED) is 0.716. The fourth-order valence-corrected chi connectivity index (χ4v) is 1.86. The zero-order chi connectivity index (χ0) is 11.8. The molecule has 0 unspecified atom stereocenters. The molecule has 0 spiro atoms. The highest BCUT2D eigenvalue weighted by atomic mass is 35.5. The number of nitrogens with two attached hydrogens (primary N) is 1. The van der Waals surface area contributed by atoms with Crippen LogP contribution in [0.3, 0.4) is 0 Å². The maximum atomic E-state index is 5.85. The number of hydrogen-bond acceptors (Lipinski definition) is 3. The van der Waals surface area contributed by atoms with E-state index in [1.807, 2.05) is 40.9 Å². The van der Waals surface area contributed by atoms with Crippen LogP contribution in [-0.4, -0.2) is 14.6 Å². The van der Waals surface area contributed by atoms with Crippen LogP contribution in [0, 0.1) is 0 Å². The normalized spacial score (nSPS) is 10.9. The molecule has 1 aromatic carbocycles. The topological polar surface area (TPSA) is 56.2 Å². The van der Waals surface area contributed by atoms with E-state index >= 15 is 0 Å². The van der Waals surface area contributed by atoms with Gasteiger partial charge in [0, 0.05) is 16.8 Å². The summed E-state index contributed by atoms with van der Waals surface area (Å²) < 4.78 is 1.86. The summed E-state index contributed by atoms with van der Waals surface area (Å²) in [5, 5.41) is 8.91. The van der Waals surface area contributed by atoms with Gasteiger partial charge in [-0.1, -0.05) is 11.6 Å². The number of hydrogen-bond donors (Lipinski definition) is 1. The zero-order valence-corrected chi connectivity index (χ0v) is 9.59. The first-order chi connectivity index (χ1) is 8.25. The molecule has 17 heavy (non-hydrogen) atoms. The molecule has 0 fully saturated rings. The van der Waals surface area contributed by atoms with Crippen molar-refractivity contribution in [3.8, 4) is 11.4 Å². The lowest BCUT2D eigenvalue weighted by Crippen LogP contribution is -1.93. The van der Waals surface area contributed by atoms with Crippen molar-refractivity contribution in [3.05, 3.63) is 47.6 Å². The van der Waals surface area contributed by atoms with Crippen molar-refractivity contribution in [1.29, 1.82) is 0 Å². The van der Waals surface area contributed by atoms with Crippen LogP contribution in [0.25, 0.3) is 17.0 Å². The molecule has 3 rings (SSSR count). The maximum absolute atomic E-state index is 5.85. The van der Waals surface area contributed by atoms with Gasteiger partial charge in [-0.25, -0.2) is 0 Å². The number of rotatable bonds is 1. The molecule has 3 aromatic rings. The maximum Gasteiger partial charge on any atom is 0.184 e. The highest BCUT2D eigenvalue weighted by molar-refractivity contribution is 6.30. The van der Waals surface area contributed by atoms with E-state index in [1.54, 1.807) is 6.07 Å². The summed E-state index contributed by atoms with van der Waals surface area (Å²) >= 11 is 5.85. The molecule has 0 saturated carbocycles. The minimum atomic E-state index is 0.611. The van der Waals surface area contributed by atoms with E-state index in [4.69, 9.17) is 17.3 Å². The second kappa shape index (κ2) is 3.75. The fraction of sp³-hybridized carbons (Fsp3) is 0. The third kappa shape index (κ3) is 1.62. The summed E-state index contributed by atoms with van der Waals surface area (Å²) in [4.78, 5) is 0. The number of halogens is 1. The summed E-state index contributed by atoms with van der Waals surface area (Å²) in [7, 11) is 0. The van der Waals surface area contributed by atoms with E-state index in [2.05, 4.69) is 10.2 Å². The molecule has 0 aliphatic carbocycles. The minimum Gasteiger partial charge on any atom is -0.396 e. The molecule has 0 bridgehead atoms. The Morgan fingerprint density at radius 3 is 2.59 bits per heavy atom. The summed E-state index contributed by atoms with van der Waals surface area (Å²) in [6, 6.07) is 11.1. The molecule has 2 aromatic heterocycles. The molecular weight excluding hydrogens is 236 g/mol. The molecular formula is C12H9ClN4. The number of anilines is 1. The van der Waals surface area contributed by atoms with Crippen LogP contribution < -0.4 is 5.73 Å². The minimum absolute atomic E-state index is 0.611. The van der Waals surface area contributed by atoms with E-state index in [1.165, 1.54) is 0 Å². The van der Waals surface area contributed by atoms with Gasteiger partial charge in [-0.2, -0.15) is 0 Å². The Balaban J connectivity index is 2.24. The van der Waals surface area contributed by atoms with Crippen molar-refractivity contribution < 1.29 is 0 Å². The van der Waals surface area contributed by atoms with Crippen molar-refractivity contribution in [2.45, 2.75) is 0 Å². The van der Waals surface area contributed by atoms with Crippen LogP contribution in [0.4, 0.5) is 5.69 Å². The van der Waals surface area contributed by atoms with Gasteiger partial charge >= 0.3 is 0 Å². The molecule has 0 saturated heterocycles.